The van der Waals surface area contributed by atoms with E-state index >= 15 is 0 Å². The Balaban J connectivity index is 2.22. The van der Waals surface area contributed by atoms with Gasteiger partial charge >= 0.3 is 0 Å². The molecule has 0 aliphatic rings. The summed E-state index contributed by atoms with van der Waals surface area (Å²) in [4.78, 5) is 2.63. The second-order valence-corrected chi connectivity index (χ2v) is 5.92. The Labute approximate surface area is 108 Å². The Bertz CT molecular complexity index is 323. The zero-order valence-corrected chi connectivity index (χ0v) is 12.0. The van der Waals surface area contributed by atoms with Gasteiger partial charge in [-0.15, -0.1) is 11.3 Å². The molecule has 0 amide bonds. The molecular formula is C13H23NO2S. The van der Waals surface area contributed by atoms with Crippen LogP contribution in [-0.2, 0) is 22.6 Å². The van der Waals surface area contributed by atoms with Gasteiger partial charge in [0, 0.05) is 30.0 Å². The third kappa shape index (κ3) is 5.64. The first kappa shape index (κ1) is 14.6. The SMILES string of the molecule is CNCc1ccc(COCCC(C)(C)OC)s1. The second kappa shape index (κ2) is 7.11. The number of ether oxygens (including phenoxy) is 2. The van der Waals surface area contributed by atoms with E-state index in [1.165, 1.54) is 9.75 Å². The number of methoxy groups -OCH3 is 1. The van der Waals surface area contributed by atoms with Crippen LogP contribution in [0.15, 0.2) is 12.1 Å². The lowest BCUT2D eigenvalue weighted by atomic mass is 10.1. The minimum Gasteiger partial charge on any atom is -0.379 e. The van der Waals surface area contributed by atoms with Gasteiger partial charge in [-0.1, -0.05) is 0 Å². The van der Waals surface area contributed by atoms with Crippen LogP contribution in [0.1, 0.15) is 30.0 Å². The topological polar surface area (TPSA) is 30.5 Å². The van der Waals surface area contributed by atoms with Crippen LogP contribution >= 0.6 is 11.3 Å². The summed E-state index contributed by atoms with van der Waals surface area (Å²) in [7, 11) is 3.70. The smallest absolute Gasteiger partial charge is 0.0809 e. The molecule has 1 aromatic heterocycles. The molecule has 0 bridgehead atoms. The lowest BCUT2D eigenvalue weighted by Gasteiger charge is -2.22. The monoisotopic (exact) mass is 257 g/mol. The number of hydrogen-bond donors (Lipinski definition) is 1. The fraction of sp³-hybridized carbons (Fsp3) is 0.692. The molecule has 0 aliphatic heterocycles. The van der Waals surface area contributed by atoms with Gasteiger partial charge in [0.2, 0.25) is 0 Å². The van der Waals surface area contributed by atoms with E-state index in [1.807, 2.05) is 7.05 Å². The fourth-order valence-electron chi connectivity index (χ4n) is 1.36. The largest absolute Gasteiger partial charge is 0.379 e. The maximum atomic E-state index is 5.66. The van der Waals surface area contributed by atoms with Gasteiger partial charge < -0.3 is 14.8 Å². The Kier molecular flexibility index (Phi) is 6.12. The van der Waals surface area contributed by atoms with Gasteiger partial charge in [-0.3, -0.25) is 0 Å². The molecule has 98 valence electrons. The number of thiophene rings is 1. The third-order valence-electron chi connectivity index (χ3n) is 2.71. The predicted octanol–water partition coefficient (Wildman–Crippen LogP) is 2.80. The molecule has 3 nitrogen and oxygen atoms in total. The van der Waals surface area contributed by atoms with Crippen LogP contribution in [0.5, 0.6) is 0 Å². The van der Waals surface area contributed by atoms with Crippen molar-refractivity contribution in [2.24, 2.45) is 0 Å². The van der Waals surface area contributed by atoms with Crippen molar-refractivity contribution in [2.45, 2.75) is 39.0 Å². The Morgan fingerprint density at radius 3 is 2.65 bits per heavy atom. The first-order valence-electron chi connectivity index (χ1n) is 5.92. The maximum Gasteiger partial charge on any atom is 0.0809 e. The standard InChI is InChI=1S/C13H23NO2S/c1-13(2,15-4)7-8-16-10-12-6-5-11(17-12)9-14-3/h5-6,14H,7-10H2,1-4H3. The van der Waals surface area contributed by atoms with Crippen molar-refractivity contribution in [3.8, 4) is 0 Å². The Morgan fingerprint density at radius 2 is 2.00 bits per heavy atom. The lowest BCUT2D eigenvalue weighted by molar-refractivity contribution is -0.0121. The first-order valence-corrected chi connectivity index (χ1v) is 6.74. The number of rotatable bonds is 8. The molecular weight excluding hydrogens is 234 g/mol. The average molecular weight is 257 g/mol. The van der Waals surface area contributed by atoms with E-state index in [-0.39, 0.29) is 5.60 Å². The maximum absolute atomic E-state index is 5.66. The van der Waals surface area contributed by atoms with Crippen molar-refractivity contribution >= 4 is 11.3 Å². The molecule has 0 radical (unpaired) electrons. The zero-order chi connectivity index (χ0) is 12.7. The van der Waals surface area contributed by atoms with Crippen molar-refractivity contribution < 1.29 is 9.47 Å². The molecule has 0 aromatic carbocycles. The van der Waals surface area contributed by atoms with E-state index in [9.17, 15) is 0 Å². The van der Waals surface area contributed by atoms with Gasteiger partial charge in [-0.05, 0) is 39.4 Å². The molecule has 0 fully saturated rings. The minimum atomic E-state index is -0.0905. The van der Waals surface area contributed by atoms with Crippen LogP contribution in [0, 0.1) is 0 Å². The van der Waals surface area contributed by atoms with Crippen molar-refractivity contribution in [3.05, 3.63) is 21.9 Å². The summed E-state index contributed by atoms with van der Waals surface area (Å²) in [5, 5.41) is 3.15. The molecule has 1 N–H and O–H groups in total. The molecule has 1 heterocycles. The van der Waals surface area contributed by atoms with E-state index in [4.69, 9.17) is 9.47 Å². The van der Waals surface area contributed by atoms with Crippen LogP contribution in [0.4, 0.5) is 0 Å². The third-order valence-corrected chi connectivity index (χ3v) is 3.77. The van der Waals surface area contributed by atoms with E-state index in [0.717, 1.165) is 19.6 Å². The molecule has 1 aromatic rings. The highest BCUT2D eigenvalue weighted by Gasteiger charge is 2.15. The molecule has 0 atom stereocenters. The molecule has 4 heteroatoms. The lowest BCUT2D eigenvalue weighted by Crippen LogP contribution is -2.24. The fourth-order valence-corrected chi connectivity index (χ4v) is 2.33. The van der Waals surface area contributed by atoms with Gasteiger partial charge in [-0.25, -0.2) is 0 Å². The van der Waals surface area contributed by atoms with Crippen molar-refractivity contribution in [1.29, 1.82) is 0 Å². The summed E-state index contributed by atoms with van der Waals surface area (Å²) < 4.78 is 11.0. The van der Waals surface area contributed by atoms with Crippen molar-refractivity contribution in [1.82, 2.24) is 5.32 Å². The quantitative estimate of drug-likeness (QED) is 0.726. The minimum absolute atomic E-state index is 0.0905. The molecule has 0 unspecified atom stereocenters. The van der Waals surface area contributed by atoms with Crippen LogP contribution in [0.3, 0.4) is 0 Å². The van der Waals surface area contributed by atoms with Crippen LogP contribution in [0.25, 0.3) is 0 Å². The summed E-state index contributed by atoms with van der Waals surface area (Å²) >= 11 is 1.80. The molecule has 0 spiro atoms. The van der Waals surface area contributed by atoms with Gasteiger partial charge in [-0.2, -0.15) is 0 Å². The highest BCUT2D eigenvalue weighted by molar-refractivity contribution is 7.11. The van der Waals surface area contributed by atoms with Gasteiger partial charge in [0.25, 0.3) is 0 Å². The van der Waals surface area contributed by atoms with Crippen molar-refractivity contribution in [3.63, 3.8) is 0 Å². The summed E-state index contributed by atoms with van der Waals surface area (Å²) in [6, 6.07) is 4.29. The number of hydrogen-bond acceptors (Lipinski definition) is 4. The molecule has 1 rings (SSSR count). The van der Waals surface area contributed by atoms with E-state index in [0.29, 0.717) is 6.61 Å². The summed E-state index contributed by atoms with van der Waals surface area (Å²) in [5.41, 5.74) is -0.0905. The predicted molar refractivity (Wildman–Crippen MR) is 72.4 cm³/mol. The Morgan fingerprint density at radius 1 is 1.29 bits per heavy atom. The second-order valence-electron chi connectivity index (χ2n) is 4.66. The molecule has 0 saturated heterocycles. The molecule has 17 heavy (non-hydrogen) atoms. The van der Waals surface area contributed by atoms with Gasteiger partial charge in [0.15, 0.2) is 0 Å². The van der Waals surface area contributed by atoms with Crippen LogP contribution < -0.4 is 5.32 Å². The summed E-state index contributed by atoms with van der Waals surface area (Å²) in [6.45, 7) is 6.52. The van der Waals surface area contributed by atoms with Gasteiger partial charge in [0.1, 0.15) is 0 Å². The Hall–Kier alpha value is -0.420. The highest BCUT2D eigenvalue weighted by Crippen LogP contribution is 2.18. The van der Waals surface area contributed by atoms with Crippen LogP contribution in [0.2, 0.25) is 0 Å². The summed E-state index contributed by atoms with van der Waals surface area (Å²) in [5.74, 6) is 0. The number of nitrogens with one attached hydrogen (secondary N) is 1. The van der Waals surface area contributed by atoms with Crippen LogP contribution in [-0.4, -0.2) is 26.4 Å². The van der Waals surface area contributed by atoms with E-state index in [2.05, 4.69) is 31.3 Å². The van der Waals surface area contributed by atoms with E-state index in [1.54, 1.807) is 18.4 Å². The highest BCUT2D eigenvalue weighted by atomic mass is 32.1. The zero-order valence-electron chi connectivity index (χ0n) is 11.2. The average Bonchev–Trinajstić information content (AvgIpc) is 2.73. The molecule has 0 aliphatic carbocycles. The summed E-state index contributed by atoms with van der Waals surface area (Å²) in [6.07, 6.45) is 0.915. The molecule has 0 saturated carbocycles. The first-order chi connectivity index (χ1) is 8.07. The normalized spacial score (nSPS) is 12.0. The van der Waals surface area contributed by atoms with E-state index < -0.39 is 0 Å². The van der Waals surface area contributed by atoms with Crippen molar-refractivity contribution in [2.75, 3.05) is 20.8 Å². The van der Waals surface area contributed by atoms with Gasteiger partial charge in [0.05, 0.1) is 12.2 Å².